The molecule has 0 saturated carbocycles. The molecule has 4 heteroatoms. The molecule has 1 aromatic carbocycles. The Morgan fingerprint density at radius 1 is 1.24 bits per heavy atom. The van der Waals surface area contributed by atoms with Gasteiger partial charge in [-0.15, -0.1) is 0 Å². The number of carbonyl (C=O) groups is 1. The van der Waals surface area contributed by atoms with E-state index >= 15 is 0 Å². The molecule has 2 N–H and O–H groups in total. The standard InChI is InChI=1S/C17H26N2OS/c1-3-4-5-6-11-19(12-10-16(18)21)17(20)15-9-7-8-14(2)13-15/h7-9,13H,3-6,10-12H2,1-2H3,(H2,18,21). The molecule has 0 aliphatic carbocycles. The third-order valence-corrected chi connectivity index (χ3v) is 3.67. The molecule has 0 aromatic heterocycles. The SMILES string of the molecule is CCCCCCN(CCC(N)=S)C(=O)c1cccc(C)c1. The van der Waals surface area contributed by atoms with Gasteiger partial charge in [0.25, 0.3) is 5.91 Å². The number of amides is 1. The lowest BCUT2D eigenvalue weighted by molar-refractivity contribution is 0.0757. The highest BCUT2D eigenvalue weighted by Gasteiger charge is 2.15. The molecule has 0 unspecified atom stereocenters. The second-order valence-electron chi connectivity index (χ2n) is 5.44. The molecule has 1 rings (SSSR count). The molecule has 0 fully saturated rings. The fourth-order valence-electron chi connectivity index (χ4n) is 2.25. The summed E-state index contributed by atoms with van der Waals surface area (Å²) in [6, 6.07) is 7.72. The number of hydrogen-bond donors (Lipinski definition) is 1. The molecule has 0 aliphatic heterocycles. The molecular weight excluding hydrogens is 280 g/mol. The van der Waals surface area contributed by atoms with Gasteiger partial charge >= 0.3 is 0 Å². The van der Waals surface area contributed by atoms with Gasteiger partial charge in [-0.3, -0.25) is 4.79 Å². The third-order valence-electron chi connectivity index (χ3n) is 3.46. The summed E-state index contributed by atoms with van der Waals surface area (Å²) < 4.78 is 0. The maximum Gasteiger partial charge on any atom is 0.253 e. The van der Waals surface area contributed by atoms with Gasteiger partial charge in [0.1, 0.15) is 0 Å². The zero-order valence-corrected chi connectivity index (χ0v) is 13.9. The zero-order valence-electron chi connectivity index (χ0n) is 13.1. The molecule has 0 heterocycles. The van der Waals surface area contributed by atoms with E-state index in [2.05, 4.69) is 6.92 Å². The Morgan fingerprint density at radius 2 is 2.00 bits per heavy atom. The van der Waals surface area contributed by atoms with E-state index in [9.17, 15) is 4.79 Å². The third kappa shape index (κ3) is 6.71. The fraction of sp³-hybridized carbons (Fsp3) is 0.529. The number of thiocarbonyl (C=S) groups is 1. The van der Waals surface area contributed by atoms with Gasteiger partial charge in [0.15, 0.2) is 0 Å². The average Bonchev–Trinajstić information content (AvgIpc) is 2.45. The summed E-state index contributed by atoms with van der Waals surface area (Å²) in [4.78, 5) is 15.0. The average molecular weight is 306 g/mol. The maximum absolute atomic E-state index is 12.6. The topological polar surface area (TPSA) is 46.3 Å². The summed E-state index contributed by atoms with van der Waals surface area (Å²) in [5.41, 5.74) is 7.42. The van der Waals surface area contributed by atoms with Gasteiger partial charge in [-0.1, -0.05) is 56.1 Å². The fourth-order valence-corrected chi connectivity index (χ4v) is 2.34. The van der Waals surface area contributed by atoms with Crippen LogP contribution in [0.4, 0.5) is 0 Å². The number of rotatable bonds is 9. The second-order valence-corrected chi connectivity index (χ2v) is 5.96. The Kier molecular flexibility index (Phi) is 7.98. The monoisotopic (exact) mass is 306 g/mol. The first-order valence-electron chi connectivity index (χ1n) is 7.69. The van der Waals surface area contributed by atoms with E-state index in [-0.39, 0.29) is 5.91 Å². The van der Waals surface area contributed by atoms with Crippen molar-refractivity contribution in [1.29, 1.82) is 0 Å². The molecular formula is C17H26N2OS. The molecule has 0 saturated heterocycles. The van der Waals surface area contributed by atoms with Crippen molar-refractivity contribution in [2.24, 2.45) is 5.73 Å². The van der Waals surface area contributed by atoms with E-state index in [4.69, 9.17) is 18.0 Å². The lowest BCUT2D eigenvalue weighted by Gasteiger charge is -2.23. The van der Waals surface area contributed by atoms with Crippen LogP contribution in [-0.4, -0.2) is 28.9 Å². The lowest BCUT2D eigenvalue weighted by Crippen LogP contribution is -2.34. The van der Waals surface area contributed by atoms with E-state index in [1.807, 2.05) is 36.1 Å². The van der Waals surface area contributed by atoms with Crippen LogP contribution in [0, 0.1) is 6.92 Å². The summed E-state index contributed by atoms with van der Waals surface area (Å²) >= 11 is 4.93. The van der Waals surface area contributed by atoms with Crippen molar-refractivity contribution in [2.45, 2.75) is 46.0 Å². The van der Waals surface area contributed by atoms with Crippen molar-refractivity contribution in [2.75, 3.05) is 13.1 Å². The van der Waals surface area contributed by atoms with E-state index in [1.54, 1.807) is 0 Å². The quantitative estimate of drug-likeness (QED) is 0.559. The van der Waals surface area contributed by atoms with Gasteiger partial charge < -0.3 is 10.6 Å². The molecule has 1 aromatic rings. The lowest BCUT2D eigenvalue weighted by atomic mass is 10.1. The van der Waals surface area contributed by atoms with Crippen LogP contribution in [0.15, 0.2) is 24.3 Å². The predicted octanol–water partition coefficient (Wildman–Crippen LogP) is 3.69. The van der Waals surface area contributed by atoms with Crippen LogP contribution in [-0.2, 0) is 0 Å². The van der Waals surface area contributed by atoms with Crippen LogP contribution in [0.5, 0.6) is 0 Å². The van der Waals surface area contributed by atoms with Crippen LogP contribution < -0.4 is 5.73 Å². The van der Waals surface area contributed by atoms with E-state index < -0.39 is 0 Å². The van der Waals surface area contributed by atoms with Crippen LogP contribution >= 0.6 is 12.2 Å². The first kappa shape index (κ1) is 17.6. The number of nitrogens with two attached hydrogens (primary N) is 1. The molecule has 0 aliphatic rings. The van der Waals surface area contributed by atoms with Crippen molar-refractivity contribution < 1.29 is 4.79 Å². The van der Waals surface area contributed by atoms with E-state index in [1.165, 1.54) is 12.8 Å². The Balaban J connectivity index is 2.69. The minimum absolute atomic E-state index is 0.0754. The van der Waals surface area contributed by atoms with Crippen molar-refractivity contribution in [3.63, 3.8) is 0 Å². The summed E-state index contributed by atoms with van der Waals surface area (Å²) in [6.07, 6.45) is 5.17. The highest BCUT2D eigenvalue weighted by molar-refractivity contribution is 7.80. The molecule has 0 atom stereocenters. The van der Waals surface area contributed by atoms with Crippen LogP contribution in [0.25, 0.3) is 0 Å². The van der Waals surface area contributed by atoms with E-state index in [0.29, 0.717) is 18.0 Å². The highest BCUT2D eigenvalue weighted by atomic mass is 32.1. The molecule has 21 heavy (non-hydrogen) atoms. The van der Waals surface area contributed by atoms with Crippen molar-refractivity contribution in [3.05, 3.63) is 35.4 Å². The Hall–Kier alpha value is -1.42. The van der Waals surface area contributed by atoms with E-state index in [0.717, 1.165) is 30.5 Å². The smallest absolute Gasteiger partial charge is 0.253 e. The van der Waals surface area contributed by atoms with Gasteiger partial charge in [0.05, 0.1) is 4.99 Å². The Bertz CT molecular complexity index is 474. The molecule has 0 radical (unpaired) electrons. The van der Waals surface area contributed by atoms with Gasteiger partial charge in [0.2, 0.25) is 0 Å². The number of aryl methyl sites for hydroxylation is 1. The molecule has 0 bridgehead atoms. The number of nitrogens with zero attached hydrogens (tertiary/aromatic N) is 1. The number of hydrogen-bond acceptors (Lipinski definition) is 2. The zero-order chi connectivity index (χ0) is 15.7. The largest absolute Gasteiger partial charge is 0.393 e. The van der Waals surface area contributed by atoms with Gasteiger partial charge in [0, 0.05) is 25.1 Å². The summed E-state index contributed by atoms with van der Waals surface area (Å²) in [5.74, 6) is 0.0754. The summed E-state index contributed by atoms with van der Waals surface area (Å²) in [5, 5.41) is 0. The van der Waals surface area contributed by atoms with Gasteiger partial charge in [-0.2, -0.15) is 0 Å². The Morgan fingerprint density at radius 3 is 2.62 bits per heavy atom. The van der Waals surface area contributed by atoms with Crippen LogP contribution in [0.2, 0.25) is 0 Å². The maximum atomic E-state index is 12.6. The minimum atomic E-state index is 0.0754. The van der Waals surface area contributed by atoms with Crippen molar-refractivity contribution in [1.82, 2.24) is 4.90 Å². The second kappa shape index (κ2) is 9.50. The number of benzene rings is 1. The minimum Gasteiger partial charge on any atom is -0.393 e. The predicted molar refractivity (Wildman–Crippen MR) is 92.6 cm³/mol. The van der Waals surface area contributed by atoms with Gasteiger partial charge in [-0.05, 0) is 25.5 Å². The van der Waals surface area contributed by atoms with Crippen molar-refractivity contribution in [3.8, 4) is 0 Å². The summed E-state index contributed by atoms with van der Waals surface area (Å²) in [6.45, 7) is 5.56. The molecule has 0 spiro atoms. The molecule has 1 amide bonds. The Labute approximate surface area is 133 Å². The summed E-state index contributed by atoms with van der Waals surface area (Å²) in [7, 11) is 0. The molecule has 116 valence electrons. The number of carbonyl (C=O) groups excluding carboxylic acids is 1. The number of unbranched alkanes of at least 4 members (excludes halogenated alkanes) is 3. The molecule has 3 nitrogen and oxygen atoms in total. The first-order valence-corrected chi connectivity index (χ1v) is 8.09. The van der Waals surface area contributed by atoms with Crippen molar-refractivity contribution >= 4 is 23.1 Å². The highest BCUT2D eigenvalue weighted by Crippen LogP contribution is 2.10. The van der Waals surface area contributed by atoms with Crippen LogP contribution in [0.3, 0.4) is 0 Å². The van der Waals surface area contributed by atoms with Crippen LogP contribution in [0.1, 0.15) is 54.9 Å². The normalized spacial score (nSPS) is 10.4. The van der Waals surface area contributed by atoms with Gasteiger partial charge in [-0.25, -0.2) is 0 Å². The first-order chi connectivity index (χ1) is 10.0.